The summed E-state index contributed by atoms with van der Waals surface area (Å²) in [6.45, 7) is 4.71. The molecule has 0 saturated carbocycles. The Balaban J connectivity index is 2.80. The molecule has 0 aliphatic carbocycles. The van der Waals surface area contributed by atoms with Gasteiger partial charge in [-0.15, -0.1) is 0 Å². The van der Waals surface area contributed by atoms with Crippen LogP contribution >= 0.6 is 15.9 Å². The maximum Gasteiger partial charge on any atom is 0.244 e. The van der Waals surface area contributed by atoms with Crippen molar-refractivity contribution in [3.05, 3.63) is 28.2 Å². The first-order chi connectivity index (χ1) is 9.69. The number of rotatable bonds is 7. The van der Waals surface area contributed by atoms with Gasteiger partial charge in [-0.1, -0.05) is 6.92 Å². The number of benzene rings is 1. The van der Waals surface area contributed by atoms with Crippen molar-refractivity contribution in [3.63, 3.8) is 0 Å². The number of halogens is 3. The van der Waals surface area contributed by atoms with Gasteiger partial charge in [0.1, 0.15) is 16.5 Å². The van der Waals surface area contributed by atoms with Gasteiger partial charge >= 0.3 is 0 Å². The molecule has 1 unspecified atom stereocenters. The summed E-state index contributed by atoms with van der Waals surface area (Å²) < 4.78 is 53.0. The van der Waals surface area contributed by atoms with E-state index < -0.39 is 26.6 Å². The fourth-order valence-corrected chi connectivity index (χ4v) is 3.93. The molecule has 0 aliphatic rings. The van der Waals surface area contributed by atoms with Gasteiger partial charge in [-0.25, -0.2) is 21.9 Å². The zero-order valence-electron chi connectivity index (χ0n) is 12.2. The van der Waals surface area contributed by atoms with Gasteiger partial charge in [0.15, 0.2) is 0 Å². The average Bonchev–Trinajstić information content (AvgIpc) is 2.35. The SMILES string of the molecule is CCC(C)N(C)CCNS(=O)(=O)c1c(F)cc(F)cc1Br. The highest BCUT2D eigenvalue weighted by Crippen LogP contribution is 2.25. The van der Waals surface area contributed by atoms with Crippen LogP contribution in [0.15, 0.2) is 21.5 Å². The minimum Gasteiger partial charge on any atom is -0.302 e. The zero-order valence-corrected chi connectivity index (χ0v) is 14.6. The van der Waals surface area contributed by atoms with E-state index in [0.29, 0.717) is 18.7 Å². The largest absolute Gasteiger partial charge is 0.302 e. The molecule has 0 radical (unpaired) electrons. The molecule has 1 N–H and O–H groups in total. The van der Waals surface area contributed by atoms with E-state index in [4.69, 9.17) is 0 Å². The van der Waals surface area contributed by atoms with E-state index in [9.17, 15) is 17.2 Å². The molecular weight excluding hydrogens is 366 g/mol. The monoisotopic (exact) mass is 384 g/mol. The number of hydrogen-bond acceptors (Lipinski definition) is 3. The lowest BCUT2D eigenvalue weighted by molar-refractivity contribution is 0.256. The Labute approximate surface area is 132 Å². The average molecular weight is 385 g/mol. The molecule has 1 aromatic carbocycles. The first-order valence-corrected chi connectivity index (χ1v) is 8.81. The van der Waals surface area contributed by atoms with Gasteiger partial charge in [0, 0.05) is 29.7 Å². The van der Waals surface area contributed by atoms with E-state index in [1.165, 1.54) is 0 Å². The molecule has 21 heavy (non-hydrogen) atoms. The second kappa shape index (κ2) is 7.62. The number of nitrogens with zero attached hydrogens (tertiary/aromatic N) is 1. The third kappa shape index (κ3) is 4.98. The number of hydrogen-bond donors (Lipinski definition) is 1. The van der Waals surface area contributed by atoms with Crippen LogP contribution in [0.25, 0.3) is 0 Å². The molecule has 8 heteroatoms. The van der Waals surface area contributed by atoms with Crippen molar-refractivity contribution in [2.24, 2.45) is 0 Å². The highest BCUT2D eigenvalue weighted by molar-refractivity contribution is 9.10. The quantitative estimate of drug-likeness (QED) is 0.786. The zero-order chi connectivity index (χ0) is 16.2. The number of nitrogens with one attached hydrogen (secondary N) is 1. The third-order valence-corrected chi connectivity index (χ3v) is 5.76. The molecular formula is C13H19BrF2N2O2S. The predicted octanol–water partition coefficient (Wildman–Crippen LogP) is 2.74. The van der Waals surface area contributed by atoms with Crippen molar-refractivity contribution in [3.8, 4) is 0 Å². The van der Waals surface area contributed by atoms with Crippen molar-refractivity contribution in [1.29, 1.82) is 0 Å². The van der Waals surface area contributed by atoms with Gasteiger partial charge in [-0.2, -0.15) is 0 Å². The Morgan fingerprint density at radius 1 is 1.38 bits per heavy atom. The van der Waals surface area contributed by atoms with Crippen LogP contribution in [0.5, 0.6) is 0 Å². The Morgan fingerprint density at radius 3 is 2.52 bits per heavy atom. The fraction of sp³-hybridized carbons (Fsp3) is 0.538. The van der Waals surface area contributed by atoms with Gasteiger partial charge in [0.25, 0.3) is 0 Å². The Hall–Kier alpha value is -0.570. The summed E-state index contributed by atoms with van der Waals surface area (Å²) in [5, 5.41) is 0. The fourth-order valence-electron chi connectivity index (χ4n) is 1.75. The van der Waals surface area contributed by atoms with Crippen LogP contribution in [0.4, 0.5) is 8.78 Å². The molecule has 120 valence electrons. The molecule has 0 heterocycles. The molecule has 0 amide bonds. The molecule has 0 aromatic heterocycles. The van der Waals surface area contributed by atoms with Crippen LogP contribution in [0, 0.1) is 11.6 Å². The maximum atomic E-state index is 13.7. The molecule has 0 spiro atoms. The van der Waals surface area contributed by atoms with Crippen molar-refractivity contribution in [2.75, 3.05) is 20.1 Å². The van der Waals surface area contributed by atoms with Gasteiger partial charge in [-0.3, -0.25) is 0 Å². The molecule has 0 saturated heterocycles. The van der Waals surface area contributed by atoms with Crippen LogP contribution in [-0.2, 0) is 10.0 Å². The first-order valence-electron chi connectivity index (χ1n) is 6.53. The van der Waals surface area contributed by atoms with Crippen molar-refractivity contribution >= 4 is 26.0 Å². The van der Waals surface area contributed by atoms with Gasteiger partial charge in [0.05, 0.1) is 0 Å². The molecule has 1 rings (SSSR count). The Bertz CT molecular complexity index is 573. The minimum atomic E-state index is -4.03. The molecule has 4 nitrogen and oxygen atoms in total. The summed E-state index contributed by atoms with van der Waals surface area (Å²) >= 11 is 2.88. The van der Waals surface area contributed by atoms with E-state index >= 15 is 0 Å². The summed E-state index contributed by atoms with van der Waals surface area (Å²) in [6, 6.07) is 1.79. The van der Waals surface area contributed by atoms with Gasteiger partial charge in [-0.05, 0) is 42.4 Å². The normalized spacial score (nSPS) is 13.7. The van der Waals surface area contributed by atoms with E-state index in [1.807, 2.05) is 25.8 Å². The molecule has 0 aliphatic heterocycles. The lowest BCUT2D eigenvalue weighted by Gasteiger charge is -2.23. The summed E-state index contributed by atoms with van der Waals surface area (Å²) in [6.07, 6.45) is 0.946. The number of sulfonamides is 1. The summed E-state index contributed by atoms with van der Waals surface area (Å²) in [4.78, 5) is 1.42. The maximum absolute atomic E-state index is 13.7. The second-order valence-electron chi connectivity index (χ2n) is 4.83. The van der Waals surface area contributed by atoms with Crippen LogP contribution in [0.2, 0.25) is 0 Å². The summed E-state index contributed by atoms with van der Waals surface area (Å²) in [7, 11) is -2.15. The molecule has 1 atom stereocenters. The second-order valence-corrected chi connectivity index (χ2v) is 7.39. The smallest absolute Gasteiger partial charge is 0.244 e. The highest BCUT2D eigenvalue weighted by Gasteiger charge is 2.23. The third-order valence-electron chi connectivity index (χ3n) is 3.33. The minimum absolute atomic E-state index is 0.136. The van der Waals surface area contributed by atoms with Gasteiger partial charge < -0.3 is 4.90 Å². The lowest BCUT2D eigenvalue weighted by atomic mass is 10.2. The van der Waals surface area contributed by atoms with Crippen LogP contribution in [0.1, 0.15) is 20.3 Å². The van der Waals surface area contributed by atoms with Crippen molar-refractivity contribution < 1.29 is 17.2 Å². The molecule has 0 fully saturated rings. The molecule has 0 bridgehead atoms. The highest BCUT2D eigenvalue weighted by atomic mass is 79.9. The Morgan fingerprint density at radius 2 is 2.00 bits per heavy atom. The Kier molecular flexibility index (Phi) is 6.71. The number of likely N-dealkylation sites (N-methyl/N-ethyl adjacent to an activating group) is 1. The van der Waals surface area contributed by atoms with Crippen molar-refractivity contribution in [1.82, 2.24) is 9.62 Å². The van der Waals surface area contributed by atoms with E-state index in [2.05, 4.69) is 20.7 Å². The van der Waals surface area contributed by atoms with Crippen LogP contribution in [0.3, 0.4) is 0 Å². The van der Waals surface area contributed by atoms with Gasteiger partial charge in [0.2, 0.25) is 10.0 Å². The lowest BCUT2D eigenvalue weighted by Crippen LogP contribution is -2.37. The van der Waals surface area contributed by atoms with Crippen molar-refractivity contribution in [2.45, 2.75) is 31.2 Å². The van der Waals surface area contributed by atoms with Crippen LogP contribution in [-0.4, -0.2) is 39.5 Å². The summed E-state index contributed by atoms with van der Waals surface area (Å²) in [5.74, 6) is -1.96. The first kappa shape index (κ1) is 18.5. The standard InChI is InChI=1S/C13H19BrF2N2O2S/c1-4-9(2)18(3)6-5-17-21(19,20)13-11(14)7-10(15)8-12(13)16/h7-9,17H,4-6H2,1-3H3. The van der Waals surface area contributed by atoms with E-state index in [1.54, 1.807) is 0 Å². The van der Waals surface area contributed by atoms with E-state index in [-0.39, 0.29) is 11.0 Å². The molecule has 1 aromatic rings. The van der Waals surface area contributed by atoms with E-state index in [0.717, 1.165) is 12.5 Å². The topological polar surface area (TPSA) is 49.4 Å². The van der Waals surface area contributed by atoms with Crippen LogP contribution < -0.4 is 4.72 Å². The summed E-state index contributed by atoms with van der Waals surface area (Å²) in [5.41, 5.74) is 0. The predicted molar refractivity (Wildman–Crippen MR) is 81.6 cm³/mol.